The summed E-state index contributed by atoms with van der Waals surface area (Å²) >= 11 is 0. The number of rotatable bonds is 7. The lowest BCUT2D eigenvalue weighted by Gasteiger charge is -2.32. The summed E-state index contributed by atoms with van der Waals surface area (Å²) in [5.74, 6) is -0.299. The molecular weight excluding hydrogens is 180 g/mol. The third-order valence-corrected chi connectivity index (χ3v) is 2.55. The van der Waals surface area contributed by atoms with Gasteiger partial charge in [-0.15, -0.1) is 0 Å². The van der Waals surface area contributed by atoms with Gasteiger partial charge in [0.25, 0.3) is 0 Å². The van der Waals surface area contributed by atoms with Crippen LogP contribution in [0.4, 0.5) is 0 Å². The second-order valence-electron chi connectivity index (χ2n) is 4.10. The van der Waals surface area contributed by atoms with Crippen LogP contribution in [0.2, 0.25) is 0 Å². The van der Waals surface area contributed by atoms with Crippen LogP contribution in [-0.2, 0) is 4.79 Å². The zero-order valence-electron chi connectivity index (χ0n) is 9.34. The minimum absolute atomic E-state index is 0.0593. The van der Waals surface area contributed by atoms with Gasteiger partial charge in [-0.25, -0.2) is 0 Å². The smallest absolute Gasteiger partial charge is 0.218 e. The Labute approximate surface area is 85.9 Å². The minimum Gasteiger partial charge on any atom is -0.396 e. The zero-order chi connectivity index (χ0) is 11.2. The molecule has 0 aliphatic rings. The van der Waals surface area contributed by atoms with Crippen molar-refractivity contribution in [1.82, 2.24) is 5.32 Å². The quantitative estimate of drug-likeness (QED) is 0.559. The van der Waals surface area contributed by atoms with Gasteiger partial charge in [-0.05, 0) is 26.7 Å². The standard InChI is InChI=1S/C10H22N2O2/c1-4-10(3,5-6-13)12-8(2)7-9(11)14/h8,12-13H,4-7H2,1-3H3,(H2,11,14). The molecule has 0 spiro atoms. The van der Waals surface area contributed by atoms with Gasteiger partial charge in [-0.1, -0.05) is 6.92 Å². The van der Waals surface area contributed by atoms with Crippen molar-refractivity contribution in [2.75, 3.05) is 6.61 Å². The lowest BCUT2D eigenvalue weighted by Crippen LogP contribution is -2.48. The maximum absolute atomic E-state index is 10.7. The molecule has 4 heteroatoms. The Kier molecular flexibility index (Phi) is 5.72. The van der Waals surface area contributed by atoms with Crippen LogP contribution in [0, 0.1) is 0 Å². The van der Waals surface area contributed by atoms with Gasteiger partial charge in [-0.2, -0.15) is 0 Å². The Morgan fingerprint density at radius 3 is 2.57 bits per heavy atom. The van der Waals surface area contributed by atoms with Crippen LogP contribution < -0.4 is 11.1 Å². The number of aliphatic hydroxyl groups is 1. The molecule has 4 nitrogen and oxygen atoms in total. The van der Waals surface area contributed by atoms with Crippen LogP contribution in [0.3, 0.4) is 0 Å². The van der Waals surface area contributed by atoms with E-state index in [1.165, 1.54) is 0 Å². The van der Waals surface area contributed by atoms with E-state index < -0.39 is 0 Å². The Bertz CT molecular complexity index is 185. The summed E-state index contributed by atoms with van der Waals surface area (Å²) in [6, 6.07) is 0.0593. The van der Waals surface area contributed by atoms with Crippen LogP contribution in [0.15, 0.2) is 0 Å². The zero-order valence-corrected chi connectivity index (χ0v) is 9.34. The third-order valence-electron chi connectivity index (χ3n) is 2.55. The Hall–Kier alpha value is -0.610. The third kappa shape index (κ3) is 5.19. The Balaban J connectivity index is 4.09. The summed E-state index contributed by atoms with van der Waals surface area (Å²) in [5, 5.41) is 12.2. The van der Waals surface area contributed by atoms with Crippen molar-refractivity contribution in [3.63, 3.8) is 0 Å². The Morgan fingerprint density at radius 1 is 1.64 bits per heavy atom. The van der Waals surface area contributed by atoms with E-state index >= 15 is 0 Å². The fraction of sp³-hybridized carbons (Fsp3) is 0.900. The van der Waals surface area contributed by atoms with E-state index in [-0.39, 0.29) is 24.1 Å². The van der Waals surface area contributed by atoms with E-state index in [1.54, 1.807) is 0 Å². The number of nitrogens with one attached hydrogen (secondary N) is 1. The van der Waals surface area contributed by atoms with E-state index in [0.717, 1.165) is 6.42 Å². The van der Waals surface area contributed by atoms with Gasteiger partial charge < -0.3 is 16.2 Å². The monoisotopic (exact) mass is 202 g/mol. The molecule has 0 rings (SSSR count). The summed E-state index contributed by atoms with van der Waals surface area (Å²) in [7, 11) is 0. The van der Waals surface area contributed by atoms with Crippen LogP contribution >= 0.6 is 0 Å². The molecule has 0 aliphatic heterocycles. The SMILES string of the molecule is CCC(C)(CCO)NC(C)CC(N)=O. The number of hydrogen-bond donors (Lipinski definition) is 3. The second kappa shape index (κ2) is 5.98. The molecule has 4 N–H and O–H groups in total. The normalized spacial score (nSPS) is 17.4. The number of aliphatic hydroxyl groups excluding tert-OH is 1. The molecule has 1 amide bonds. The lowest BCUT2D eigenvalue weighted by molar-refractivity contribution is -0.118. The van der Waals surface area contributed by atoms with Crippen molar-refractivity contribution in [1.29, 1.82) is 0 Å². The highest BCUT2D eigenvalue weighted by Crippen LogP contribution is 2.15. The maximum Gasteiger partial charge on any atom is 0.218 e. The molecule has 0 heterocycles. The fourth-order valence-electron chi connectivity index (χ4n) is 1.55. The average Bonchev–Trinajstić information content (AvgIpc) is 2.02. The largest absolute Gasteiger partial charge is 0.396 e. The first-order chi connectivity index (χ1) is 6.43. The predicted molar refractivity (Wildman–Crippen MR) is 56.8 cm³/mol. The molecule has 0 aromatic rings. The second-order valence-corrected chi connectivity index (χ2v) is 4.10. The molecule has 14 heavy (non-hydrogen) atoms. The molecule has 0 aromatic heterocycles. The predicted octanol–water partition coefficient (Wildman–Crippen LogP) is 0.391. The van der Waals surface area contributed by atoms with E-state index in [4.69, 9.17) is 10.8 Å². The first kappa shape index (κ1) is 13.4. The molecule has 0 aliphatic carbocycles. The van der Waals surface area contributed by atoms with Crippen molar-refractivity contribution < 1.29 is 9.90 Å². The van der Waals surface area contributed by atoms with Crippen molar-refractivity contribution in [2.45, 2.75) is 51.6 Å². The summed E-state index contributed by atoms with van der Waals surface area (Å²) in [4.78, 5) is 10.7. The first-order valence-corrected chi connectivity index (χ1v) is 5.10. The molecule has 0 bridgehead atoms. The summed E-state index contributed by atoms with van der Waals surface area (Å²) in [5.41, 5.74) is 4.99. The van der Waals surface area contributed by atoms with Crippen molar-refractivity contribution in [3.05, 3.63) is 0 Å². The van der Waals surface area contributed by atoms with Crippen LogP contribution in [-0.4, -0.2) is 29.2 Å². The van der Waals surface area contributed by atoms with Crippen LogP contribution in [0.25, 0.3) is 0 Å². The van der Waals surface area contributed by atoms with Crippen molar-refractivity contribution in [2.24, 2.45) is 5.73 Å². The Morgan fingerprint density at radius 2 is 2.21 bits per heavy atom. The lowest BCUT2D eigenvalue weighted by atomic mass is 9.93. The molecule has 2 atom stereocenters. The van der Waals surface area contributed by atoms with Gasteiger partial charge in [0.05, 0.1) is 0 Å². The molecule has 2 unspecified atom stereocenters. The molecule has 0 fully saturated rings. The van der Waals surface area contributed by atoms with Gasteiger partial charge in [0.1, 0.15) is 0 Å². The summed E-state index contributed by atoms with van der Waals surface area (Å²) in [6.45, 7) is 6.18. The van der Waals surface area contributed by atoms with E-state index in [2.05, 4.69) is 12.2 Å². The van der Waals surface area contributed by atoms with Gasteiger partial charge >= 0.3 is 0 Å². The highest BCUT2D eigenvalue weighted by molar-refractivity contribution is 5.74. The molecule has 0 saturated carbocycles. The number of hydrogen-bond acceptors (Lipinski definition) is 3. The van der Waals surface area contributed by atoms with Gasteiger partial charge in [0.15, 0.2) is 0 Å². The molecule has 0 radical (unpaired) electrons. The minimum atomic E-state index is -0.299. The number of carbonyl (C=O) groups excluding carboxylic acids is 1. The molecule has 0 saturated heterocycles. The fourth-order valence-corrected chi connectivity index (χ4v) is 1.55. The maximum atomic E-state index is 10.7. The first-order valence-electron chi connectivity index (χ1n) is 5.10. The van der Waals surface area contributed by atoms with Gasteiger partial charge in [0.2, 0.25) is 5.91 Å². The molecular formula is C10H22N2O2. The van der Waals surface area contributed by atoms with Crippen LogP contribution in [0.1, 0.15) is 40.0 Å². The van der Waals surface area contributed by atoms with Crippen LogP contribution in [0.5, 0.6) is 0 Å². The van der Waals surface area contributed by atoms with Crippen molar-refractivity contribution >= 4 is 5.91 Å². The highest BCUT2D eigenvalue weighted by Gasteiger charge is 2.23. The topological polar surface area (TPSA) is 75.3 Å². The van der Waals surface area contributed by atoms with Gasteiger partial charge in [0, 0.05) is 24.6 Å². The van der Waals surface area contributed by atoms with E-state index in [1.807, 2.05) is 13.8 Å². The van der Waals surface area contributed by atoms with Crippen molar-refractivity contribution in [3.8, 4) is 0 Å². The summed E-state index contributed by atoms with van der Waals surface area (Å²) in [6.07, 6.45) is 1.93. The average molecular weight is 202 g/mol. The van der Waals surface area contributed by atoms with E-state index in [9.17, 15) is 4.79 Å². The molecule has 84 valence electrons. The number of nitrogens with two attached hydrogens (primary N) is 1. The number of primary amides is 1. The number of amides is 1. The number of carbonyl (C=O) groups is 1. The molecule has 0 aromatic carbocycles. The summed E-state index contributed by atoms with van der Waals surface area (Å²) < 4.78 is 0. The van der Waals surface area contributed by atoms with Gasteiger partial charge in [-0.3, -0.25) is 4.79 Å². The van der Waals surface area contributed by atoms with E-state index in [0.29, 0.717) is 12.8 Å². The highest BCUT2D eigenvalue weighted by atomic mass is 16.3.